The zero-order chi connectivity index (χ0) is 14.3. The summed E-state index contributed by atoms with van der Waals surface area (Å²) in [7, 11) is 0. The van der Waals surface area contributed by atoms with E-state index >= 15 is 0 Å². The minimum Gasteiger partial charge on any atom is -0.370 e. The molecule has 0 radical (unpaired) electrons. The molecule has 0 saturated heterocycles. The van der Waals surface area contributed by atoms with Gasteiger partial charge in [-0.1, -0.05) is 44.2 Å². The normalized spacial score (nSPS) is 11.9. The van der Waals surface area contributed by atoms with Gasteiger partial charge in [0, 0.05) is 19.6 Å². The molecule has 0 aliphatic rings. The van der Waals surface area contributed by atoms with Gasteiger partial charge in [0.2, 0.25) is 0 Å². The van der Waals surface area contributed by atoms with E-state index in [9.17, 15) is 0 Å². The second kappa shape index (κ2) is 9.21. The molecule has 1 aromatic rings. The summed E-state index contributed by atoms with van der Waals surface area (Å²) < 4.78 is 0. The minimum atomic E-state index is 0. The number of rotatable bonds is 6. The van der Waals surface area contributed by atoms with E-state index in [4.69, 9.17) is 5.73 Å². The molecule has 114 valence electrons. The lowest BCUT2D eigenvalue weighted by Crippen LogP contribution is -2.38. The van der Waals surface area contributed by atoms with Gasteiger partial charge in [-0.3, -0.25) is 4.99 Å². The molecule has 0 saturated carbocycles. The number of nitrogens with zero attached hydrogens (tertiary/aromatic N) is 2. The number of nitrogens with two attached hydrogens (primary N) is 1. The molecule has 0 aliphatic heterocycles. The van der Waals surface area contributed by atoms with Crippen molar-refractivity contribution in [3.8, 4) is 0 Å². The molecule has 20 heavy (non-hydrogen) atoms. The third-order valence-electron chi connectivity index (χ3n) is 3.28. The third-order valence-corrected chi connectivity index (χ3v) is 3.28. The molecule has 3 nitrogen and oxygen atoms in total. The topological polar surface area (TPSA) is 41.6 Å². The summed E-state index contributed by atoms with van der Waals surface area (Å²) in [5, 5.41) is 0. The van der Waals surface area contributed by atoms with Gasteiger partial charge in [0.15, 0.2) is 5.96 Å². The van der Waals surface area contributed by atoms with E-state index in [-0.39, 0.29) is 29.4 Å². The summed E-state index contributed by atoms with van der Waals surface area (Å²) in [6.07, 6.45) is 1.02. The average Bonchev–Trinajstić information content (AvgIpc) is 2.38. The standard InChI is InChI=1S/C16H27N3.HI/c1-5-19(6-2)15(17)18-13-16(3,4)12-14-10-8-7-9-11-14;/h7-11H,5-6,12-13H2,1-4H3,(H2,17,18);1H. The van der Waals surface area contributed by atoms with Crippen LogP contribution in [0.4, 0.5) is 0 Å². The molecule has 0 bridgehead atoms. The van der Waals surface area contributed by atoms with E-state index in [1.165, 1.54) is 5.56 Å². The maximum absolute atomic E-state index is 6.02. The lowest BCUT2D eigenvalue weighted by molar-refractivity contribution is 0.372. The largest absolute Gasteiger partial charge is 0.370 e. The molecule has 0 heterocycles. The first kappa shape index (κ1) is 19.2. The molecular weight excluding hydrogens is 361 g/mol. The fraction of sp³-hybridized carbons (Fsp3) is 0.562. The van der Waals surface area contributed by atoms with Gasteiger partial charge < -0.3 is 10.6 Å². The van der Waals surface area contributed by atoms with Gasteiger partial charge in [-0.25, -0.2) is 0 Å². The van der Waals surface area contributed by atoms with Crippen LogP contribution in [0.1, 0.15) is 33.3 Å². The summed E-state index contributed by atoms with van der Waals surface area (Å²) in [5.74, 6) is 0.658. The Morgan fingerprint density at radius 2 is 1.70 bits per heavy atom. The van der Waals surface area contributed by atoms with Gasteiger partial charge in [0.05, 0.1) is 0 Å². The van der Waals surface area contributed by atoms with E-state index in [1.54, 1.807) is 0 Å². The van der Waals surface area contributed by atoms with Crippen LogP contribution in [0.2, 0.25) is 0 Å². The van der Waals surface area contributed by atoms with Crippen LogP contribution in [-0.4, -0.2) is 30.5 Å². The van der Waals surface area contributed by atoms with Crippen molar-refractivity contribution in [3.63, 3.8) is 0 Å². The Hall–Kier alpha value is -0.780. The molecule has 1 aromatic carbocycles. The van der Waals surface area contributed by atoms with Gasteiger partial charge in [0.1, 0.15) is 0 Å². The first-order valence-corrected chi connectivity index (χ1v) is 7.07. The monoisotopic (exact) mass is 389 g/mol. The predicted molar refractivity (Wildman–Crippen MR) is 98.8 cm³/mol. The van der Waals surface area contributed by atoms with Crippen molar-refractivity contribution < 1.29 is 0 Å². The quantitative estimate of drug-likeness (QED) is 0.460. The van der Waals surface area contributed by atoms with E-state index in [0.717, 1.165) is 26.1 Å². The Morgan fingerprint density at radius 3 is 2.20 bits per heavy atom. The summed E-state index contributed by atoms with van der Waals surface area (Å²) in [6.45, 7) is 11.2. The van der Waals surface area contributed by atoms with Crippen LogP contribution >= 0.6 is 24.0 Å². The molecule has 2 N–H and O–H groups in total. The van der Waals surface area contributed by atoms with Gasteiger partial charge in [-0.2, -0.15) is 0 Å². The van der Waals surface area contributed by atoms with Crippen molar-refractivity contribution in [2.75, 3.05) is 19.6 Å². The maximum atomic E-state index is 6.02. The van der Waals surface area contributed by atoms with Crippen molar-refractivity contribution in [1.29, 1.82) is 0 Å². The average molecular weight is 389 g/mol. The second-order valence-electron chi connectivity index (χ2n) is 5.67. The van der Waals surface area contributed by atoms with Gasteiger partial charge in [0.25, 0.3) is 0 Å². The zero-order valence-electron chi connectivity index (χ0n) is 13.1. The van der Waals surface area contributed by atoms with Crippen molar-refractivity contribution in [2.24, 2.45) is 16.1 Å². The highest BCUT2D eigenvalue weighted by Gasteiger charge is 2.18. The number of benzene rings is 1. The molecule has 0 amide bonds. The van der Waals surface area contributed by atoms with E-state index in [1.807, 2.05) is 6.07 Å². The van der Waals surface area contributed by atoms with Crippen LogP contribution in [-0.2, 0) is 6.42 Å². The lowest BCUT2D eigenvalue weighted by Gasteiger charge is -2.25. The Morgan fingerprint density at radius 1 is 1.15 bits per heavy atom. The molecule has 0 aliphatic carbocycles. The molecule has 1 rings (SSSR count). The SMILES string of the molecule is CCN(CC)C(N)=NCC(C)(C)Cc1ccccc1.I. The number of guanidine groups is 1. The van der Waals surface area contributed by atoms with E-state index < -0.39 is 0 Å². The predicted octanol–water partition coefficient (Wildman–Crippen LogP) is 3.53. The highest BCUT2D eigenvalue weighted by molar-refractivity contribution is 14.0. The lowest BCUT2D eigenvalue weighted by atomic mass is 9.86. The van der Waals surface area contributed by atoms with Gasteiger partial charge >= 0.3 is 0 Å². The molecule has 0 fully saturated rings. The summed E-state index contributed by atoms with van der Waals surface area (Å²) >= 11 is 0. The van der Waals surface area contributed by atoms with E-state index in [2.05, 4.69) is 61.9 Å². The molecule has 0 spiro atoms. The molecule has 0 atom stereocenters. The summed E-state index contributed by atoms with van der Waals surface area (Å²) in [5.41, 5.74) is 7.49. The highest BCUT2D eigenvalue weighted by atomic mass is 127. The Kier molecular flexibility index (Phi) is 8.85. The Balaban J connectivity index is 0.00000361. The van der Waals surface area contributed by atoms with Crippen LogP contribution < -0.4 is 5.73 Å². The molecule has 0 aromatic heterocycles. The second-order valence-corrected chi connectivity index (χ2v) is 5.67. The van der Waals surface area contributed by atoms with Crippen molar-refractivity contribution in [3.05, 3.63) is 35.9 Å². The number of hydrogen-bond acceptors (Lipinski definition) is 1. The van der Waals surface area contributed by atoms with E-state index in [0.29, 0.717) is 5.96 Å². The first-order chi connectivity index (χ1) is 8.98. The Labute approximate surface area is 140 Å². The highest BCUT2D eigenvalue weighted by Crippen LogP contribution is 2.22. The fourth-order valence-corrected chi connectivity index (χ4v) is 2.15. The van der Waals surface area contributed by atoms with Crippen molar-refractivity contribution in [1.82, 2.24) is 4.90 Å². The Bertz CT molecular complexity index is 397. The zero-order valence-corrected chi connectivity index (χ0v) is 15.4. The number of hydrogen-bond donors (Lipinski definition) is 1. The minimum absolute atomic E-state index is 0. The fourth-order valence-electron chi connectivity index (χ4n) is 2.15. The van der Waals surface area contributed by atoms with Crippen LogP contribution in [0.15, 0.2) is 35.3 Å². The molecular formula is C16H28IN3. The first-order valence-electron chi connectivity index (χ1n) is 7.07. The smallest absolute Gasteiger partial charge is 0.191 e. The van der Waals surface area contributed by atoms with Crippen LogP contribution in [0.25, 0.3) is 0 Å². The summed E-state index contributed by atoms with van der Waals surface area (Å²) in [6, 6.07) is 10.5. The third kappa shape index (κ3) is 6.59. The van der Waals surface area contributed by atoms with Crippen LogP contribution in [0.3, 0.4) is 0 Å². The number of halogens is 1. The van der Waals surface area contributed by atoms with Crippen molar-refractivity contribution >= 4 is 29.9 Å². The van der Waals surface area contributed by atoms with Crippen LogP contribution in [0.5, 0.6) is 0 Å². The van der Waals surface area contributed by atoms with Crippen LogP contribution in [0, 0.1) is 5.41 Å². The van der Waals surface area contributed by atoms with Crippen molar-refractivity contribution in [2.45, 2.75) is 34.1 Å². The number of aliphatic imine (C=N–C) groups is 1. The molecule has 4 heteroatoms. The maximum Gasteiger partial charge on any atom is 0.191 e. The van der Waals surface area contributed by atoms with Gasteiger partial charge in [-0.05, 0) is 31.2 Å². The van der Waals surface area contributed by atoms with Gasteiger partial charge in [-0.15, -0.1) is 24.0 Å². The molecule has 0 unspecified atom stereocenters. The summed E-state index contributed by atoms with van der Waals surface area (Å²) in [4.78, 5) is 6.64.